The molecule has 0 N–H and O–H groups in total. The molecule has 0 spiro atoms. The quantitative estimate of drug-likeness (QED) is 0.522. The van der Waals surface area contributed by atoms with E-state index in [9.17, 15) is 0 Å². The Labute approximate surface area is 66.3 Å². The molecule has 0 aromatic carbocycles. The Bertz CT molecular complexity index is 72.1. The van der Waals surface area contributed by atoms with E-state index in [-0.39, 0.29) is 0 Å². The van der Waals surface area contributed by atoms with E-state index in [1.54, 1.807) is 0 Å². The average Bonchev–Trinajstić information content (AvgIpc) is 1.91. The van der Waals surface area contributed by atoms with Crippen molar-refractivity contribution in [2.45, 2.75) is 47.5 Å². The summed E-state index contributed by atoms with van der Waals surface area (Å²) < 4.78 is 0. The first kappa shape index (κ1) is 12.4. The second-order valence-corrected chi connectivity index (χ2v) is 2.67. The maximum absolute atomic E-state index is 3.84. The summed E-state index contributed by atoms with van der Waals surface area (Å²) >= 11 is 0. The van der Waals surface area contributed by atoms with Crippen molar-refractivity contribution in [1.29, 1.82) is 0 Å². The summed E-state index contributed by atoms with van der Waals surface area (Å²) in [5.74, 6) is 0.826. The molecule has 0 aromatic heterocycles. The number of hydrogen-bond donors (Lipinski definition) is 0. The third-order valence-electron chi connectivity index (χ3n) is 1.39. The highest BCUT2D eigenvalue weighted by Crippen LogP contribution is 2.11. The molecule has 1 unspecified atom stereocenters. The van der Waals surface area contributed by atoms with Gasteiger partial charge in [-0.15, -0.1) is 6.58 Å². The van der Waals surface area contributed by atoms with Crippen molar-refractivity contribution in [3.05, 3.63) is 12.2 Å². The summed E-state index contributed by atoms with van der Waals surface area (Å²) in [5.41, 5.74) is 1.30. The third kappa shape index (κ3) is 10.7. The second-order valence-electron chi connectivity index (χ2n) is 2.67. The Kier molecular flexibility index (Phi) is 10.9. The standard InChI is InChI=1S/C8H16.C2H6/c1-5-8(4)6-7(2)3;1-2/h8H,2,5-6H2,1,3-4H3;1-2H3. The number of hydrogen-bond acceptors (Lipinski definition) is 0. The third-order valence-corrected chi connectivity index (χ3v) is 1.39. The summed E-state index contributed by atoms with van der Waals surface area (Å²) in [5, 5.41) is 0. The zero-order valence-electron chi connectivity index (χ0n) is 8.20. The molecule has 10 heavy (non-hydrogen) atoms. The smallest absolute Gasteiger partial charge is 0.0300 e. The molecule has 0 bridgehead atoms. The van der Waals surface area contributed by atoms with Crippen LogP contribution in [0.25, 0.3) is 0 Å². The van der Waals surface area contributed by atoms with Crippen molar-refractivity contribution in [2.24, 2.45) is 5.92 Å². The Morgan fingerprint density at radius 1 is 1.40 bits per heavy atom. The molecule has 0 saturated heterocycles. The van der Waals surface area contributed by atoms with Gasteiger partial charge in [0.05, 0.1) is 0 Å². The first-order valence-corrected chi connectivity index (χ1v) is 4.31. The molecule has 0 heteroatoms. The van der Waals surface area contributed by atoms with Gasteiger partial charge < -0.3 is 0 Å². The van der Waals surface area contributed by atoms with Crippen LogP contribution in [0, 0.1) is 5.92 Å². The van der Waals surface area contributed by atoms with Crippen LogP contribution in [0.4, 0.5) is 0 Å². The molecule has 0 amide bonds. The van der Waals surface area contributed by atoms with Gasteiger partial charge in [0.25, 0.3) is 0 Å². The normalized spacial score (nSPS) is 11.3. The second kappa shape index (κ2) is 8.74. The molecule has 0 saturated carbocycles. The van der Waals surface area contributed by atoms with Gasteiger partial charge in [0.15, 0.2) is 0 Å². The SMILES string of the molecule is C=C(C)CC(C)CC.CC. The summed E-state index contributed by atoms with van der Waals surface area (Å²) in [4.78, 5) is 0. The fourth-order valence-corrected chi connectivity index (χ4v) is 0.739. The van der Waals surface area contributed by atoms with Crippen LogP contribution in [-0.2, 0) is 0 Å². The maximum Gasteiger partial charge on any atom is -0.0300 e. The fourth-order valence-electron chi connectivity index (χ4n) is 0.739. The molecule has 1 atom stereocenters. The van der Waals surface area contributed by atoms with Crippen LogP contribution < -0.4 is 0 Å². The molecular formula is C10H22. The van der Waals surface area contributed by atoms with E-state index in [2.05, 4.69) is 27.4 Å². The fraction of sp³-hybridized carbons (Fsp3) is 0.800. The Morgan fingerprint density at radius 2 is 1.80 bits per heavy atom. The van der Waals surface area contributed by atoms with E-state index < -0.39 is 0 Å². The van der Waals surface area contributed by atoms with Crippen LogP contribution in [0.2, 0.25) is 0 Å². The largest absolute Gasteiger partial charge is 0.100 e. The van der Waals surface area contributed by atoms with Gasteiger partial charge >= 0.3 is 0 Å². The van der Waals surface area contributed by atoms with E-state index in [0.29, 0.717) is 0 Å². The zero-order chi connectivity index (χ0) is 8.57. The van der Waals surface area contributed by atoms with Crippen LogP contribution in [0.5, 0.6) is 0 Å². The van der Waals surface area contributed by atoms with E-state index in [1.807, 2.05) is 13.8 Å². The maximum atomic E-state index is 3.84. The molecule has 0 nitrogen and oxygen atoms in total. The van der Waals surface area contributed by atoms with Gasteiger partial charge in [-0.1, -0.05) is 39.7 Å². The highest BCUT2D eigenvalue weighted by molar-refractivity contribution is 4.88. The van der Waals surface area contributed by atoms with Crippen LogP contribution in [0.3, 0.4) is 0 Å². The molecule has 0 rings (SSSR count). The van der Waals surface area contributed by atoms with Crippen LogP contribution in [-0.4, -0.2) is 0 Å². The van der Waals surface area contributed by atoms with Gasteiger partial charge in [0.1, 0.15) is 0 Å². The zero-order valence-corrected chi connectivity index (χ0v) is 8.20. The van der Waals surface area contributed by atoms with Crippen molar-refractivity contribution >= 4 is 0 Å². The van der Waals surface area contributed by atoms with E-state index in [0.717, 1.165) is 5.92 Å². The van der Waals surface area contributed by atoms with Gasteiger partial charge in [0.2, 0.25) is 0 Å². The van der Waals surface area contributed by atoms with Crippen LogP contribution >= 0.6 is 0 Å². The Balaban J connectivity index is 0. The van der Waals surface area contributed by atoms with Crippen molar-refractivity contribution < 1.29 is 0 Å². The van der Waals surface area contributed by atoms with Gasteiger partial charge in [-0.2, -0.15) is 0 Å². The van der Waals surface area contributed by atoms with Crippen molar-refractivity contribution in [2.75, 3.05) is 0 Å². The van der Waals surface area contributed by atoms with Crippen LogP contribution in [0.15, 0.2) is 12.2 Å². The lowest BCUT2D eigenvalue weighted by molar-refractivity contribution is 0.558. The number of rotatable bonds is 3. The van der Waals surface area contributed by atoms with Crippen molar-refractivity contribution in [3.63, 3.8) is 0 Å². The molecule has 0 fully saturated rings. The first-order valence-electron chi connectivity index (χ1n) is 4.31. The average molecular weight is 142 g/mol. The molecule has 62 valence electrons. The minimum atomic E-state index is 0.826. The molecule has 0 radical (unpaired) electrons. The lowest BCUT2D eigenvalue weighted by Gasteiger charge is -2.05. The molecule has 0 aliphatic carbocycles. The molecular weight excluding hydrogens is 120 g/mol. The summed E-state index contributed by atoms with van der Waals surface area (Å²) in [6.07, 6.45) is 2.46. The van der Waals surface area contributed by atoms with Gasteiger partial charge in [-0.3, -0.25) is 0 Å². The summed E-state index contributed by atoms with van der Waals surface area (Å²) in [6.45, 7) is 14.4. The van der Waals surface area contributed by atoms with Crippen LogP contribution in [0.1, 0.15) is 47.5 Å². The first-order chi connectivity index (χ1) is 4.66. The van der Waals surface area contributed by atoms with E-state index in [4.69, 9.17) is 0 Å². The Morgan fingerprint density at radius 3 is 1.90 bits per heavy atom. The lowest BCUT2D eigenvalue weighted by Crippen LogP contribution is -1.90. The summed E-state index contributed by atoms with van der Waals surface area (Å²) in [6, 6.07) is 0. The monoisotopic (exact) mass is 142 g/mol. The van der Waals surface area contributed by atoms with Gasteiger partial charge in [0, 0.05) is 0 Å². The van der Waals surface area contributed by atoms with E-state index in [1.165, 1.54) is 18.4 Å². The minimum Gasteiger partial charge on any atom is -0.100 e. The predicted octanol–water partition coefficient (Wildman–Crippen LogP) is 4.02. The predicted molar refractivity (Wildman–Crippen MR) is 50.2 cm³/mol. The molecule has 0 aliphatic heterocycles. The van der Waals surface area contributed by atoms with Gasteiger partial charge in [-0.05, 0) is 19.3 Å². The van der Waals surface area contributed by atoms with Crippen molar-refractivity contribution in [3.8, 4) is 0 Å². The summed E-state index contributed by atoms with van der Waals surface area (Å²) in [7, 11) is 0. The van der Waals surface area contributed by atoms with Gasteiger partial charge in [-0.25, -0.2) is 0 Å². The van der Waals surface area contributed by atoms with Crippen molar-refractivity contribution in [1.82, 2.24) is 0 Å². The highest BCUT2D eigenvalue weighted by atomic mass is 14.0. The minimum absolute atomic E-state index is 0.826. The Hall–Kier alpha value is -0.260. The molecule has 0 aromatic rings. The topological polar surface area (TPSA) is 0 Å². The lowest BCUT2D eigenvalue weighted by atomic mass is 10.0. The molecule has 0 aliphatic rings. The number of allylic oxidation sites excluding steroid dienone is 1. The van der Waals surface area contributed by atoms with E-state index >= 15 is 0 Å². The molecule has 0 heterocycles. The highest BCUT2D eigenvalue weighted by Gasteiger charge is 1.95.